The van der Waals surface area contributed by atoms with Crippen molar-refractivity contribution in [2.24, 2.45) is 0 Å². The van der Waals surface area contributed by atoms with Gasteiger partial charge in [0.1, 0.15) is 5.65 Å². The Morgan fingerprint density at radius 3 is 2.65 bits per heavy atom. The first-order valence-corrected chi connectivity index (χ1v) is 7.15. The normalized spacial score (nSPS) is 10.7. The summed E-state index contributed by atoms with van der Waals surface area (Å²) in [7, 11) is 0. The van der Waals surface area contributed by atoms with Gasteiger partial charge in [-0.05, 0) is 24.3 Å². The standard InChI is InChI=1S/C15H9BrClN3/c16-11-3-1-10(2-4-11)15-13(7-8-18)20-9-12(17)5-6-14(20)19-15/h1-6,9H,7H2. The summed E-state index contributed by atoms with van der Waals surface area (Å²) in [6.07, 6.45) is 2.08. The summed E-state index contributed by atoms with van der Waals surface area (Å²) in [5.74, 6) is 0. The van der Waals surface area contributed by atoms with Gasteiger partial charge in [-0.1, -0.05) is 39.7 Å². The maximum absolute atomic E-state index is 9.05. The number of fused-ring (bicyclic) bond motifs is 1. The molecule has 0 aliphatic rings. The van der Waals surface area contributed by atoms with Crippen LogP contribution in [-0.2, 0) is 6.42 Å². The summed E-state index contributed by atoms with van der Waals surface area (Å²) >= 11 is 9.45. The fourth-order valence-corrected chi connectivity index (χ4v) is 2.58. The van der Waals surface area contributed by atoms with Crippen LogP contribution in [0.2, 0.25) is 5.02 Å². The molecule has 3 aromatic rings. The SMILES string of the molecule is N#CCc1c(-c2ccc(Br)cc2)nc2ccc(Cl)cn12. The number of hydrogen-bond acceptors (Lipinski definition) is 2. The molecule has 2 heterocycles. The highest BCUT2D eigenvalue weighted by atomic mass is 79.9. The molecule has 0 saturated heterocycles. The third kappa shape index (κ3) is 2.31. The average molecular weight is 347 g/mol. The molecular formula is C15H9BrClN3. The van der Waals surface area contributed by atoms with Crippen LogP contribution in [-0.4, -0.2) is 9.38 Å². The fraction of sp³-hybridized carbons (Fsp3) is 0.0667. The zero-order valence-electron chi connectivity index (χ0n) is 10.3. The molecule has 0 saturated carbocycles. The second-order valence-corrected chi connectivity index (χ2v) is 5.68. The number of nitriles is 1. The first-order valence-electron chi connectivity index (χ1n) is 5.98. The maximum atomic E-state index is 9.05. The van der Waals surface area contributed by atoms with Crippen molar-refractivity contribution >= 4 is 33.2 Å². The van der Waals surface area contributed by atoms with Crippen LogP contribution >= 0.6 is 27.5 Å². The van der Waals surface area contributed by atoms with Crippen LogP contribution in [0.5, 0.6) is 0 Å². The Bertz CT molecular complexity index is 815. The van der Waals surface area contributed by atoms with Crippen molar-refractivity contribution in [1.29, 1.82) is 5.26 Å². The first kappa shape index (κ1) is 13.2. The first-order chi connectivity index (χ1) is 9.69. The minimum absolute atomic E-state index is 0.285. The molecule has 2 aromatic heterocycles. The minimum Gasteiger partial charge on any atom is -0.301 e. The zero-order chi connectivity index (χ0) is 14.1. The number of halogens is 2. The van der Waals surface area contributed by atoms with Crippen molar-refractivity contribution in [3.63, 3.8) is 0 Å². The molecule has 0 spiro atoms. The van der Waals surface area contributed by atoms with E-state index < -0.39 is 0 Å². The molecule has 0 fully saturated rings. The van der Waals surface area contributed by atoms with Crippen LogP contribution in [0, 0.1) is 11.3 Å². The lowest BCUT2D eigenvalue weighted by molar-refractivity contribution is 1.06. The highest BCUT2D eigenvalue weighted by molar-refractivity contribution is 9.10. The van der Waals surface area contributed by atoms with E-state index in [9.17, 15) is 0 Å². The topological polar surface area (TPSA) is 41.1 Å². The minimum atomic E-state index is 0.285. The Labute approximate surface area is 129 Å². The van der Waals surface area contributed by atoms with Crippen LogP contribution < -0.4 is 0 Å². The lowest BCUT2D eigenvalue weighted by atomic mass is 10.1. The molecule has 1 aromatic carbocycles. The predicted molar refractivity (Wildman–Crippen MR) is 82.7 cm³/mol. The van der Waals surface area contributed by atoms with Crippen LogP contribution in [0.1, 0.15) is 5.69 Å². The van der Waals surface area contributed by atoms with E-state index in [1.165, 1.54) is 0 Å². The smallest absolute Gasteiger partial charge is 0.137 e. The van der Waals surface area contributed by atoms with Gasteiger partial charge in [0.2, 0.25) is 0 Å². The monoisotopic (exact) mass is 345 g/mol. The van der Waals surface area contributed by atoms with Gasteiger partial charge in [-0.15, -0.1) is 0 Å². The summed E-state index contributed by atoms with van der Waals surface area (Å²) < 4.78 is 2.89. The Hall–Kier alpha value is -1.83. The predicted octanol–water partition coefficient (Wildman–Crippen LogP) is 4.48. The number of rotatable bonds is 2. The molecule has 5 heteroatoms. The van der Waals surface area contributed by atoms with Gasteiger partial charge >= 0.3 is 0 Å². The number of benzene rings is 1. The Morgan fingerprint density at radius 1 is 1.20 bits per heavy atom. The van der Waals surface area contributed by atoms with Gasteiger partial charge in [-0.2, -0.15) is 5.26 Å². The van der Waals surface area contributed by atoms with E-state index in [1.54, 1.807) is 12.3 Å². The molecule has 0 radical (unpaired) electrons. The lowest BCUT2D eigenvalue weighted by Gasteiger charge is -2.02. The van der Waals surface area contributed by atoms with Gasteiger partial charge in [-0.25, -0.2) is 4.98 Å². The van der Waals surface area contributed by atoms with Crippen molar-refractivity contribution in [2.75, 3.05) is 0 Å². The van der Waals surface area contributed by atoms with E-state index >= 15 is 0 Å². The number of pyridine rings is 1. The second kappa shape index (κ2) is 5.28. The fourth-order valence-electron chi connectivity index (χ4n) is 2.15. The maximum Gasteiger partial charge on any atom is 0.137 e. The van der Waals surface area contributed by atoms with E-state index in [4.69, 9.17) is 16.9 Å². The van der Waals surface area contributed by atoms with Crippen molar-refractivity contribution in [2.45, 2.75) is 6.42 Å². The van der Waals surface area contributed by atoms with Gasteiger partial charge in [0.15, 0.2) is 0 Å². The number of hydrogen-bond donors (Lipinski definition) is 0. The molecule has 0 atom stereocenters. The third-order valence-corrected chi connectivity index (χ3v) is 3.80. The second-order valence-electron chi connectivity index (χ2n) is 4.32. The molecule has 0 aliphatic heterocycles. The van der Waals surface area contributed by atoms with Crippen LogP contribution in [0.4, 0.5) is 0 Å². The molecule has 0 bridgehead atoms. The van der Waals surface area contributed by atoms with Crippen molar-refractivity contribution in [3.05, 3.63) is 57.8 Å². The molecule has 3 nitrogen and oxygen atoms in total. The molecule has 0 N–H and O–H groups in total. The van der Waals surface area contributed by atoms with E-state index in [2.05, 4.69) is 27.0 Å². The van der Waals surface area contributed by atoms with Crippen molar-refractivity contribution in [1.82, 2.24) is 9.38 Å². The largest absolute Gasteiger partial charge is 0.301 e. The van der Waals surface area contributed by atoms with Gasteiger partial charge in [0, 0.05) is 16.2 Å². The highest BCUT2D eigenvalue weighted by Gasteiger charge is 2.13. The van der Waals surface area contributed by atoms with Crippen LogP contribution in [0.25, 0.3) is 16.9 Å². The number of imidazole rings is 1. The summed E-state index contributed by atoms with van der Waals surface area (Å²) in [4.78, 5) is 4.61. The van der Waals surface area contributed by atoms with Gasteiger partial charge in [-0.3, -0.25) is 0 Å². The van der Waals surface area contributed by atoms with E-state index in [1.807, 2.05) is 34.7 Å². The van der Waals surface area contributed by atoms with Crippen molar-refractivity contribution in [3.8, 4) is 17.3 Å². The highest BCUT2D eigenvalue weighted by Crippen LogP contribution is 2.27. The molecule has 20 heavy (non-hydrogen) atoms. The van der Waals surface area contributed by atoms with Crippen LogP contribution in [0.15, 0.2) is 47.1 Å². The molecule has 98 valence electrons. The Morgan fingerprint density at radius 2 is 1.95 bits per heavy atom. The lowest BCUT2D eigenvalue weighted by Crippen LogP contribution is -1.93. The quantitative estimate of drug-likeness (QED) is 0.686. The van der Waals surface area contributed by atoms with E-state index in [0.29, 0.717) is 5.02 Å². The Balaban J connectivity index is 2.26. The summed E-state index contributed by atoms with van der Waals surface area (Å²) in [5, 5.41) is 9.67. The van der Waals surface area contributed by atoms with E-state index in [-0.39, 0.29) is 6.42 Å². The average Bonchev–Trinajstić information content (AvgIpc) is 2.79. The van der Waals surface area contributed by atoms with Gasteiger partial charge < -0.3 is 4.40 Å². The van der Waals surface area contributed by atoms with Gasteiger partial charge in [0.25, 0.3) is 0 Å². The van der Waals surface area contributed by atoms with Gasteiger partial charge in [0.05, 0.1) is 28.9 Å². The number of aromatic nitrogens is 2. The molecule has 0 amide bonds. The van der Waals surface area contributed by atoms with Crippen molar-refractivity contribution < 1.29 is 0 Å². The summed E-state index contributed by atoms with van der Waals surface area (Å²) in [5.41, 5.74) is 3.45. The third-order valence-electron chi connectivity index (χ3n) is 3.05. The zero-order valence-corrected chi connectivity index (χ0v) is 12.7. The number of nitrogens with zero attached hydrogens (tertiary/aromatic N) is 3. The molecular weight excluding hydrogens is 338 g/mol. The molecule has 0 unspecified atom stereocenters. The van der Waals surface area contributed by atoms with E-state index in [0.717, 1.165) is 27.1 Å². The molecule has 3 rings (SSSR count). The molecule has 0 aliphatic carbocycles. The Kier molecular flexibility index (Phi) is 3.47. The summed E-state index contributed by atoms with van der Waals surface area (Å²) in [6, 6.07) is 13.7. The van der Waals surface area contributed by atoms with Crippen LogP contribution in [0.3, 0.4) is 0 Å². The summed E-state index contributed by atoms with van der Waals surface area (Å²) in [6.45, 7) is 0.